The third-order valence-corrected chi connectivity index (χ3v) is 2.54. The molecule has 0 amide bonds. The molecule has 0 aliphatic rings. The Morgan fingerprint density at radius 2 is 2.28 bits per heavy atom. The maximum atomic E-state index is 11.6. The Morgan fingerprint density at radius 3 is 2.83 bits per heavy atom. The van der Waals surface area contributed by atoms with Crippen molar-refractivity contribution in [2.75, 3.05) is 6.61 Å². The van der Waals surface area contributed by atoms with Gasteiger partial charge in [0.05, 0.1) is 6.61 Å². The highest BCUT2D eigenvalue weighted by atomic mass is 79.9. The summed E-state index contributed by atoms with van der Waals surface area (Å²) in [5.41, 5.74) is 0.788. The number of benzene rings is 1. The van der Waals surface area contributed by atoms with Gasteiger partial charge in [0.1, 0.15) is 11.6 Å². The molecule has 0 N–H and O–H groups in total. The molecule has 0 unspecified atom stereocenters. The number of carbonyl (C=O) groups is 1. The van der Waals surface area contributed by atoms with Crippen LogP contribution in [0.3, 0.4) is 0 Å². The highest BCUT2D eigenvalue weighted by molar-refractivity contribution is 9.10. The Morgan fingerprint density at radius 1 is 1.56 bits per heavy atom. The summed E-state index contributed by atoms with van der Waals surface area (Å²) in [5, 5.41) is 8.96. The van der Waals surface area contributed by atoms with E-state index in [9.17, 15) is 4.79 Å². The molecule has 0 saturated carbocycles. The molecule has 4 heteroatoms. The van der Waals surface area contributed by atoms with E-state index in [0.29, 0.717) is 6.61 Å². The van der Waals surface area contributed by atoms with Crippen LogP contribution in [0, 0.1) is 17.2 Å². The third kappa shape index (κ3) is 4.72. The first-order valence-electron chi connectivity index (χ1n) is 5.57. The molecule has 0 saturated heterocycles. The van der Waals surface area contributed by atoms with E-state index in [1.54, 1.807) is 0 Å². The Kier molecular flexibility index (Phi) is 5.60. The van der Waals surface area contributed by atoms with Gasteiger partial charge >= 0.3 is 5.97 Å². The van der Waals surface area contributed by atoms with Crippen LogP contribution in [0.1, 0.15) is 19.4 Å². The van der Waals surface area contributed by atoms with Crippen LogP contribution < -0.4 is 0 Å². The molecule has 0 spiro atoms. The van der Waals surface area contributed by atoms with Crippen molar-refractivity contribution in [2.45, 2.75) is 13.8 Å². The largest absolute Gasteiger partial charge is 0.461 e. The van der Waals surface area contributed by atoms with Crippen LogP contribution in [0.25, 0.3) is 6.08 Å². The van der Waals surface area contributed by atoms with Crippen molar-refractivity contribution in [3.8, 4) is 6.07 Å². The first-order chi connectivity index (χ1) is 8.52. The van der Waals surface area contributed by atoms with E-state index < -0.39 is 5.97 Å². The van der Waals surface area contributed by atoms with Gasteiger partial charge in [-0.15, -0.1) is 0 Å². The molecule has 0 aromatic heterocycles. The van der Waals surface area contributed by atoms with E-state index in [0.717, 1.165) is 10.0 Å². The highest BCUT2D eigenvalue weighted by Crippen LogP contribution is 2.15. The third-order valence-electron chi connectivity index (χ3n) is 2.05. The van der Waals surface area contributed by atoms with Crippen LogP contribution in [0.2, 0.25) is 0 Å². The fraction of sp³-hybridized carbons (Fsp3) is 0.286. The van der Waals surface area contributed by atoms with Gasteiger partial charge in [-0.3, -0.25) is 0 Å². The zero-order valence-corrected chi connectivity index (χ0v) is 11.9. The highest BCUT2D eigenvalue weighted by Gasteiger charge is 2.11. The van der Waals surface area contributed by atoms with Gasteiger partial charge in [-0.05, 0) is 29.7 Å². The zero-order chi connectivity index (χ0) is 13.5. The van der Waals surface area contributed by atoms with Crippen LogP contribution in [-0.2, 0) is 9.53 Å². The van der Waals surface area contributed by atoms with Gasteiger partial charge < -0.3 is 4.74 Å². The Bertz CT molecular complexity index is 501. The zero-order valence-electron chi connectivity index (χ0n) is 10.3. The maximum absolute atomic E-state index is 11.6. The first-order valence-corrected chi connectivity index (χ1v) is 6.36. The second-order valence-electron chi connectivity index (χ2n) is 4.22. The molecule has 0 aliphatic carbocycles. The van der Waals surface area contributed by atoms with E-state index in [4.69, 9.17) is 10.00 Å². The van der Waals surface area contributed by atoms with E-state index in [1.807, 2.05) is 44.2 Å². The second kappa shape index (κ2) is 6.97. The van der Waals surface area contributed by atoms with Gasteiger partial charge in [-0.25, -0.2) is 4.79 Å². The molecule has 0 atom stereocenters. The summed E-state index contributed by atoms with van der Waals surface area (Å²) >= 11 is 3.33. The van der Waals surface area contributed by atoms with Crippen molar-refractivity contribution in [3.05, 3.63) is 39.9 Å². The molecule has 94 valence electrons. The fourth-order valence-electron chi connectivity index (χ4n) is 1.22. The monoisotopic (exact) mass is 307 g/mol. The van der Waals surface area contributed by atoms with Gasteiger partial charge in [-0.2, -0.15) is 5.26 Å². The minimum absolute atomic E-state index is 0.00810. The van der Waals surface area contributed by atoms with Crippen molar-refractivity contribution in [3.63, 3.8) is 0 Å². The summed E-state index contributed by atoms with van der Waals surface area (Å²) in [4.78, 5) is 11.6. The molecule has 1 rings (SSSR count). The number of hydrogen-bond donors (Lipinski definition) is 0. The normalized spacial score (nSPS) is 11.2. The molecule has 1 aromatic rings. The van der Waals surface area contributed by atoms with Crippen LogP contribution in [0.4, 0.5) is 0 Å². The number of rotatable bonds is 4. The van der Waals surface area contributed by atoms with E-state index in [2.05, 4.69) is 15.9 Å². The lowest BCUT2D eigenvalue weighted by Gasteiger charge is -2.06. The van der Waals surface area contributed by atoms with Crippen LogP contribution in [0.15, 0.2) is 34.3 Å². The molecule has 18 heavy (non-hydrogen) atoms. The van der Waals surface area contributed by atoms with E-state index >= 15 is 0 Å². The smallest absolute Gasteiger partial charge is 0.348 e. The number of hydrogen-bond acceptors (Lipinski definition) is 3. The topological polar surface area (TPSA) is 50.1 Å². The number of halogens is 1. The summed E-state index contributed by atoms with van der Waals surface area (Å²) in [6, 6.07) is 9.22. The van der Waals surface area contributed by atoms with Crippen molar-refractivity contribution < 1.29 is 9.53 Å². The summed E-state index contributed by atoms with van der Waals surface area (Å²) in [7, 11) is 0. The molecule has 0 bridgehead atoms. The summed E-state index contributed by atoms with van der Waals surface area (Å²) in [6.07, 6.45) is 1.52. The van der Waals surface area contributed by atoms with Gasteiger partial charge in [0, 0.05) is 4.47 Å². The minimum atomic E-state index is -0.578. The van der Waals surface area contributed by atoms with E-state index in [1.165, 1.54) is 6.08 Å². The average molecular weight is 308 g/mol. The van der Waals surface area contributed by atoms with Crippen molar-refractivity contribution in [1.82, 2.24) is 0 Å². The number of esters is 1. The number of nitrogens with zero attached hydrogens (tertiary/aromatic N) is 1. The Labute approximate surface area is 115 Å². The molecule has 0 fully saturated rings. The molecule has 0 aliphatic heterocycles. The van der Waals surface area contributed by atoms with Crippen LogP contribution >= 0.6 is 15.9 Å². The Hall–Kier alpha value is -1.60. The maximum Gasteiger partial charge on any atom is 0.348 e. The van der Waals surface area contributed by atoms with Crippen LogP contribution in [-0.4, -0.2) is 12.6 Å². The second-order valence-corrected chi connectivity index (χ2v) is 5.13. The van der Waals surface area contributed by atoms with E-state index in [-0.39, 0.29) is 11.5 Å². The van der Waals surface area contributed by atoms with Crippen molar-refractivity contribution in [1.29, 1.82) is 5.26 Å². The lowest BCUT2D eigenvalue weighted by Crippen LogP contribution is -2.11. The van der Waals surface area contributed by atoms with Crippen molar-refractivity contribution >= 4 is 28.0 Å². The molecule has 0 heterocycles. The lowest BCUT2D eigenvalue weighted by molar-refractivity contribution is -0.139. The predicted octanol–water partition coefficient (Wildman–Crippen LogP) is 3.56. The average Bonchev–Trinajstić information content (AvgIpc) is 2.33. The number of ether oxygens (including phenoxy) is 1. The summed E-state index contributed by atoms with van der Waals surface area (Å²) in [5.74, 6) is -0.328. The molecular formula is C14H14BrNO2. The van der Waals surface area contributed by atoms with Gasteiger partial charge in [0.2, 0.25) is 0 Å². The molecule has 0 radical (unpaired) electrons. The fourth-order valence-corrected chi connectivity index (χ4v) is 1.64. The van der Waals surface area contributed by atoms with Crippen LogP contribution in [0.5, 0.6) is 0 Å². The summed E-state index contributed by atoms with van der Waals surface area (Å²) in [6.45, 7) is 4.20. The summed E-state index contributed by atoms with van der Waals surface area (Å²) < 4.78 is 5.91. The first kappa shape index (κ1) is 14.5. The molecular weight excluding hydrogens is 294 g/mol. The predicted molar refractivity (Wildman–Crippen MR) is 73.5 cm³/mol. The quantitative estimate of drug-likeness (QED) is 0.485. The lowest BCUT2D eigenvalue weighted by atomic mass is 10.1. The van der Waals surface area contributed by atoms with Gasteiger partial charge in [0.25, 0.3) is 0 Å². The Balaban J connectivity index is 2.83. The standard InChI is InChI=1S/C14H14BrNO2/c1-10(2)9-18-14(17)12(8-16)6-11-4-3-5-13(15)7-11/h3-7,10H,9H2,1-2H3/b12-6+. The van der Waals surface area contributed by atoms with Crippen molar-refractivity contribution in [2.24, 2.45) is 5.92 Å². The van der Waals surface area contributed by atoms with Gasteiger partial charge in [0.15, 0.2) is 0 Å². The minimum Gasteiger partial charge on any atom is -0.461 e. The number of nitriles is 1. The molecule has 3 nitrogen and oxygen atoms in total. The number of carbonyl (C=O) groups excluding carboxylic acids is 1. The molecule has 1 aromatic carbocycles. The van der Waals surface area contributed by atoms with Gasteiger partial charge in [-0.1, -0.05) is 41.9 Å². The SMILES string of the molecule is CC(C)COC(=O)/C(C#N)=C/c1cccc(Br)c1.